The molecule has 0 aromatic heterocycles. The summed E-state index contributed by atoms with van der Waals surface area (Å²) in [5.41, 5.74) is 6.83. The van der Waals surface area contributed by atoms with Crippen LogP contribution in [0.3, 0.4) is 0 Å². The molecule has 0 fully saturated rings. The number of rotatable bonds is 4. The zero-order valence-electron chi connectivity index (χ0n) is 14.3. The second kappa shape index (κ2) is 5.47. The first kappa shape index (κ1) is 14.9. The summed E-state index contributed by atoms with van der Waals surface area (Å²) in [6, 6.07) is 15.8. The summed E-state index contributed by atoms with van der Waals surface area (Å²) in [6.07, 6.45) is 2.29. The van der Waals surface area contributed by atoms with Crippen LogP contribution in [0.15, 0.2) is 42.5 Å². The predicted molar refractivity (Wildman–Crippen MR) is 94.0 cm³/mol. The fraction of sp³-hybridized carbons (Fsp3) is 0.429. The molecule has 2 unspecified atom stereocenters. The number of ether oxygens (including phenoxy) is 1. The van der Waals surface area contributed by atoms with E-state index in [1.54, 1.807) is 0 Å². The molecule has 2 atom stereocenters. The van der Waals surface area contributed by atoms with Gasteiger partial charge in [-0.1, -0.05) is 48.0 Å². The van der Waals surface area contributed by atoms with Gasteiger partial charge in [-0.2, -0.15) is 0 Å². The highest BCUT2D eigenvalue weighted by Crippen LogP contribution is 2.56. The van der Waals surface area contributed by atoms with Crippen LogP contribution in [-0.2, 0) is 10.3 Å². The van der Waals surface area contributed by atoms with Crippen molar-refractivity contribution in [2.45, 2.75) is 31.3 Å². The molecule has 0 N–H and O–H groups in total. The lowest BCUT2D eigenvalue weighted by Crippen LogP contribution is -2.43. The molecule has 3 aliphatic carbocycles. The van der Waals surface area contributed by atoms with Gasteiger partial charge in [0, 0.05) is 12.5 Å². The summed E-state index contributed by atoms with van der Waals surface area (Å²) in [4.78, 5) is 2.19. The fourth-order valence-corrected chi connectivity index (χ4v) is 4.36. The number of benzene rings is 2. The largest absolute Gasteiger partial charge is 0.364 e. The zero-order valence-corrected chi connectivity index (χ0v) is 14.3. The van der Waals surface area contributed by atoms with E-state index in [1.165, 1.54) is 34.2 Å². The van der Waals surface area contributed by atoms with Crippen LogP contribution in [-0.4, -0.2) is 32.1 Å². The summed E-state index contributed by atoms with van der Waals surface area (Å²) in [5, 5.41) is 0. The van der Waals surface area contributed by atoms with Gasteiger partial charge in [0.25, 0.3) is 0 Å². The first-order valence-corrected chi connectivity index (χ1v) is 8.61. The van der Waals surface area contributed by atoms with Gasteiger partial charge in [-0.15, -0.1) is 0 Å². The van der Waals surface area contributed by atoms with E-state index in [4.69, 9.17) is 4.74 Å². The monoisotopic (exact) mass is 307 g/mol. The Morgan fingerprint density at radius 3 is 2.70 bits per heavy atom. The van der Waals surface area contributed by atoms with E-state index in [-0.39, 0.29) is 5.60 Å². The number of likely N-dealkylation sites (N-methyl/N-ethyl adjacent to an activating group) is 1. The lowest BCUT2D eigenvalue weighted by Gasteiger charge is -2.49. The summed E-state index contributed by atoms with van der Waals surface area (Å²) >= 11 is 0. The Morgan fingerprint density at radius 2 is 1.87 bits per heavy atom. The first-order chi connectivity index (χ1) is 11.1. The van der Waals surface area contributed by atoms with Gasteiger partial charge in [0.05, 0.1) is 6.61 Å². The molecule has 2 bridgehead atoms. The van der Waals surface area contributed by atoms with E-state index in [0.717, 1.165) is 19.6 Å². The van der Waals surface area contributed by atoms with E-state index in [9.17, 15) is 0 Å². The molecule has 120 valence electrons. The van der Waals surface area contributed by atoms with Gasteiger partial charge in [0.2, 0.25) is 0 Å². The quantitative estimate of drug-likeness (QED) is 0.845. The molecule has 0 saturated heterocycles. The summed E-state index contributed by atoms with van der Waals surface area (Å²) in [7, 11) is 4.20. The second-order valence-corrected chi connectivity index (χ2v) is 7.25. The fourth-order valence-electron chi connectivity index (χ4n) is 4.36. The number of hydrogen-bond acceptors (Lipinski definition) is 2. The van der Waals surface area contributed by atoms with Gasteiger partial charge in [-0.05, 0) is 56.1 Å². The Labute approximate surface area is 139 Å². The first-order valence-electron chi connectivity index (χ1n) is 8.61. The maximum Gasteiger partial charge on any atom is 0.119 e. The standard InChI is InChI=1S/C21H25NO/c1-15-8-9-18-16-10-11-21(20(18)14-15,23-13-12-22(2)3)19-7-5-4-6-17(16)19/h4-9,14,16H,10-13H2,1-3H3. The molecule has 2 aromatic carbocycles. The zero-order chi connectivity index (χ0) is 16.0. The van der Waals surface area contributed by atoms with Crippen molar-refractivity contribution in [2.24, 2.45) is 0 Å². The third-order valence-corrected chi connectivity index (χ3v) is 5.46. The van der Waals surface area contributed by atoms with Crippen molar-refractivity contribution in [1.29, 1.82) is 0 Å². The van der Waals surface area contributed by atoms with Crippen LogP contribution in [0.4, 0.5) is 0 Å². The maximum absolute atomic E-state index is 6.63. The Hall–Kier alpha value is -1.64. The van der Waals surface area contributed by atoms with Crippen molar-refractivity contribution in [1.82, 2.24) is 4.90 Å². The normalized spacial score (nSPS) is 24.6. The van der Waals surface area contributed by atoms with Crippen molar-refractivity contribution in [2.75, 3.05) is 27.2 Å². The third-order valence-electron chi connectivity index (χ3n) is 5.46. The van der Waals surface area contributed by atoms with E-state index in [2.05, 4.69) is 68.4 Å². The van der Waals surface area contributed by atoms with Gasteiger partial charge in [-0.25, -0.2) is 0 Å². The van der Waals surface area contributed by atoms with Crippen LogP contribution in [0.5, 0.6) is 0 Å². The molecule has 5 rings (SSSR count). The molecule has 2 aromatic rings. The van der Waals surface area contributed by atoms with Crippen LogP contribution in [0, 0.1) is 6.92 Å². The molecule has 2 heteroatoms. The van der Waals surface area contributed by atoms with Crippen LogP contribution in [0.25, 0.3) is 0 Å². The molecule has 2 nitrogen and oxygen atoms in total. The van der Waals surface area contributed by atoms with Gasteiger partial charge in [0.1, 0.15) is 5.60 Å². The topological polar surface area (TPSA) is 12.5 Å². The maximum atomic E-state index is 6.63. The van der Waals surface area contributed by atoms with Gasteiger partial charge in [0.15, 0.2) is 0 Å². The molecular weight excluding hydrogens is 282 g/mol. The molecule has 0 saturated carbocycles. The van der Waals surface area contributed by atoms with Crippen molar-refractivity contribution >= 4 is 0 Å². The Balaban J connectivity index is 1.85. The SMILES string of the molecule is Cc1ccc2c(c1)C1(OCCN(C)C)CCC2c2ccccc21. The number of aryl methyl sites for hydroxylation is 1. The smallest absolute Gasteiger partial charge is 0.119 e. The highest BCUT2D eigenvalue weighted by atomic mass is 16.5. The molecular formula is C21H25NO. The highest BCUT2D eigenvalue weighted by Gasteiger charge is 2.49. The van der Waals surface area contributed by atoms with Gasteiger partial charge < -0.3 is 9.64 Å². The molecule has 0 amide bonds. The van der Waals surface area contributed by atoms with Crippen molar-refractivity contribution in [3.63, 3.8) is 0 Å². The van der Waals surface area contributed by atoms with Crippen LogP contribution >= 0.6 is 0 Å². The van der Waals surface area contributed by atoms with Gasteiger partial charge in [-0.3, -0.25) is 0 Å². The Bertz CT molecular complexity index is 736. The minimum atomic E-state index is -0.247. The van der Waals surface area contributed by atoms with E-state index in [0.29, 0.717) is 5.92 Å². The van der Waals surface area contributed by atoms with Crippen molar-refractivity contribution in [3.8, 4) is 0 Å². The second-order valence-electron chi connectivity index (χ2n) is 7.25. The van der Waals surface area contributed by atoms with Gasteiger partial charge >= 0.3 is 0 Å². The lowest BCUT2D eigenvalue weighted by atomic mass is 9.61. The number of hydrogen-bond donors (Lipinski definition) is 0. The molecule has 0 heterocycles. The highest BCUT2D eigenvalue weighted by molar-refractivity contribution is 5.58. The summed E-state index contributed by atoms with van der Waals surface area (Å²) in [6.45, 7) is 3.90. The average molecular weight is 307 g/mol. The van der Waals surface area contributed by atoms with E-state index in [1.807, 2.05) is 0 Å². The minimum Gasteiger partial charge on any atom is -0.364 e. The molecule has 0 radical (unpaired) electrons. The minimum absolute atomic E-state index is 0.247. The predicted octanol–water partition coefficient (Wildman–Crippen LogP) is 4.06. The Morgan fingerprint density at radius 1 is 1.09 bits per heavy atom. The average Bonchev–Trinajstić information content (AvgIpc) is 2.55. The van der Waals surface area contributed by atoms with E-state index < -0.39 is 0 Å². The van der Waals surface area contributed by atoms with E-state index >= 15 is 0 Å². The van der Waals surface area contributed by atoms with Crippen molar-refractivity contribution < 1.29 is 4.74 Å². The summed E-state index contributed by atoms with van der Waals surface area (Å²) < 4.78 is 6.63. The van der Waals surface area contributed by atoms with Crippen LogP contribution in [0.2, 0.25) is 0 Å². The number of fused-ring (bicyclic) bond motifs is 1. The molecule has 0 spiro atoms. The molecule has 3 aliphatic rings. The lowest BCUT2D eigenvalue weighted by molar-refractivity contribution is -0.0437. The van der Waals surface area contributed by atoms with Crippen molar-refractivity contribution in [3.05, 3.63) is 70.3 Å². The summed E-state index contributed by atoms with van der Waals surface area (Å²) in [5.74, 6) is 0.543. The molecule has 23 heavy (non-hydrogen) atoms. The number of nitrogens with zero attached hydrogens (tertiary/aromatic N) is 1. The molecule has 0 aliphatic heterocycles. The van der Waals surface area contributed by atoms with Crippen LogP contribution < -0.4 is 0 Å². The van der Waals surface area contributed by atoms with Crippen LogP contribution in [0.1, 0.15) is 46.6 Å². The third kappa shape index (κ3) is 2.24. The Kier molecular flexibility index (Phi) is 3.55.